The molecule has 1 aromatic carbocycles. The molecule has 0 unspecified atom stereocenters. The highest BCUT2D eigenvalue weighted by Crippen LogP contribution is 2.30. The molecule has 0 atom stereocenters. The van der Waals surface area contributed by atoms with Gasteiger partial charge in [0.15, 0.2) is 0 Å². The Morgan fingerprint density at radius 2 is 2.00 bits per heavy atom. The first-order chi connectivity index (χ1) is 6.07. The Balaban J connectivity index is 2.47. The normalized spacial score (nSPS) is 17.8. The van der Waals surface area contributed by atoms with Gasteiger partial charge in [-0.1, -0.05) is 17.7 Å². The second-order valence-electron chi connectivity index (χ2n) is 4.08. The molecule has 68 valence electrons. The minimum absolute atomic E-state index is 0.164. The first-order valence-electron chi connectivity index (χ1n) is 4.56. The van der Waals surface area contributed by atoms with Crippen molar-refractivity contribution in [3.8, 4) is 5.75 Å². The Hall–Kier alpha value is -1.24. The lowest BCUT2D eigenvalue weighted by molar-refractivity contribution is 0.159. The summed E-state index contributed by atoms with van der Waals surface area (Å²) in [6.07, 6.45) is 4.22. The van der Waals surface area contributed by atoms with E-state index in [2.05, 4.69) is 45.1 Å². The van der Waals surface area contributed by atoms with Gasteiger partial charge in [-0.05, 0) is 39.0 Å². The van der Waals surface area contributed by atoms with Gasteiger partial charge in [-0.25, -0.2) is 0 Å². The lowest BCUT2D eigenvalue weighted by Crippen LogP contribution is -2.27. The Morgan fingerprint density at radius 3 is 2.77 bits per heavy atom. The molecule has 0 fully saturated rings. The summed E-state index contributed by atoms with van der Waals surface area (Å²) in [6.45, 7) is 6.21. The van der Waals surface area contributed by atoms with Gasteiger partial charge in [0.1, 0.15) is 11.4 Å². The molecule has 0 spiro atoms. The van der Waals surface area contributed by atoms with E-state index in [1.165, 1.54) is 11.1 Å². The highest BCUT2D eigenvalue weighted by molar-refractivity contribution is 5.61. The molecule has 0 radical (unpaired) electrons. The lowest BCUT2D eigenvalue weighted by Gasteiger charge is -2.27. The molecule has 1 aliphatic heterocycles. The van der Waals surface area contributed by atoms with Crippen LogP contribution in [0.15, 0.2) is 24.3 Å². The monoisotopic (exact) mass is 174 g/mol. The van der Waals surface area contributed by atoms with E-state index in [0.717, 1.165) is 5.75 Å². The van der Waals surface area contributed by atoms with Gasteiger partial charge in [-0.3, -0.25) is 0 Å². The molecule has 1 heterocycles. The van der Waals surface area contributed by atoms with Crippen LogP contribution in [0.2, 0.25) is 0 Å². The zero-order valence-electron chi connectivity index (χ0n) is 8.29. The average molecular weight is 174 g/mol. The highest BCUT2D eigenvalue weighted by atomic mass is 16.5. The maximum absolute atomic E-state index is 5.79. The third-order valence-electron chi connectivity index (χ3n) is 2.20. The Kier molecular flexibility index (Phi) is 1.69. The number of hydrogen-bond donors (Lipinski definition) is 0. The smallest absolute Gasteiger partial charge is 0.127 e. The van der Waals surface area contributed by atoms with E-state index in [9.17, 15) is 0 Å². The fraction of sp³-hybridized carbons (Fsp3) is 0.333. The zero-order valence-corrected chi connectivity index (χ0v) is 8.29. The van der Waals surface area contributed by atoms with Gasteiger partial charge >= 0.3 is 0 Å². The summed E-state index contributed by atoms with van der Waals surface area (Å²) >= 11 is 0. The van der Waals surface area contributed by atoms with Gasteiger partial charge in [-0.2, -0.15) is 0 Å². The second-order valence-corrected chi connectivity index (χ2v) is 4.08. The number of rotatable bonds is 0. The molecule has 2 rings (SSSR count). The van der Waals surface area contributed by atoms with E-state index in [-0.39, 0.29) is 5.60 Å². The van der Waals surface area contributed by atoms with E-state index >= 15 is 0 Å². The summed E-state index contributed by atoms with van der Waals surface area (Å²) in [4.78, 5) is 0. The molecule has 1 aromatic rings. The fourth-order valence-corrected chi connectivity index (χ4v) is 1.50. The first kappa shape index (κ1) is 8.36. The van der Waals surface area contributed by atoms with E-state index in [4.69, 9.17) is 4.74 Å². The van der Waals surface area contributed by atoms with Gasteiger partial charge in [0, 0.05) is 5.56 Å². The van der Waals surface area contributed by atoms with Crippen LogP contribution in [0.4, 0.5) is 0 Å². The Morgan fingerprint density at radius 1 is 1.23 bits per heavy atom. The van der Waals surface area contributed by atoms with Crippen LogP contribution in [0, 0.1) is 6.92 Å². The molecule has 0 aliphatic carbocycles. The van der Waals surface area contributed by atoms with Crippen LogP contribution in [0.25, 0.3) is 6.08 Å². The largest absolute Gasteiger partial charge is 0.483 e. The minimum Gasteiger partial charge on any atom is -0.483 e. The van der Waals surface area contributed by atoms with Gasteiger partial charge in [0.2, 0.25) is 0 Å². The maximum Gasteiger partial charge on any atom is 0.127 e. The highest BCUT2D eigenvalue weighted by Gasteiger charge is 2.20. The average Bonchev–Trinajstić information content (AvgIpc) is 2.05. The van der Waals surface area contributed by atoms with Crippen molar-refractivity contribution in [1.29, 1.82) is 0 Å². The van der Waals surface area contributed by atoms with Crippen LogP contribution in [-0.2, 0) is 0 Å². The summed E-state index contributed by atoms with van der Waals surface area (Å²) in [7, 11) is 0. The molecule has 0 aromatic heterocycles. The van der Waals surface area contributed by atoms with Crippen LogP contribution in [0.5, 0.6) is 5.75 Å². The Bertz CT molecular complexity index is 361. The van der Waals surface area contributed by atoms with E-state index in [0.29, 0.717) is 0 Å². The van der Waals surface area contributed by atoms with Crippen molar-refractivity contribution in [3.05, 3.63) is 35.4 Å². The standard InChI is InChI=1S/C12H14O/c1-9-4-5-11-10(8-9)6-7-12(2,3)13-11/h4-8H,1-3H3. The number of ether oxygens (including phenoxy) is 1. The van der Waals surface area contributed by atoms with Crippen molar-refractivity contribution >= 4 is 6.08 Å². The number of benzene rings is 1. The van der Waals surface area contributed by atoms with Crippen molar-refractivity contribution in [2.24, 2.45) is 0 Å². The summed E-state index contributed by atoms with van der Waals surface area (Å²) in [5.41, 5.74) is 2.29. The van der Waals surface area contributed by atoms with Crippen LogP contribution in [-0.4, -0.2) is 5.60 Å². The summed E-state index contributed by atoms with van der Waals surface area (Å²) in [6, 6.07) is 6.26. The quantitative estimate of drug-likeness (QED) is 0.587. The molecule has 1 nitrogen and oxygen atoms in total. The predicted molar refractivity (Wildman–Crippen MR) is 54.9 cm³/mol. The van der Waals surface area contributed by atoms with Crippen molar-refractivity contribution in [3.63, 3.8) is 0 Å². The van der Waals surface area contributed by atoms with E-state index < -0.39 is 0 Å². The fourth-order valence-electron chi connectivity index (χ4n) is 1.50. The third kappa shape index (κ3) is 1.59. The molecule has 0 N–H and O–H groups in total. The van der Waals surface area contributed by atoms with E-state index in [1.807, 2.05) is 6.07 Å². The van der Waals surface area contributed by atoms with Crippen LogP contribution in [0.1, 0.15) is 25.0 Å². The molecular weight excluding hydrogens is 160 g/mol. The second kappa shape index (κ2) is 2.63. The predicted octanol–water partition coefficient (Wildman–Crippen LogP) is 3.18. The Labute approximate surface area is 79.0 Å². The SMILES string of the molecule is Cc1ccc2c(c1)C=CC(C)(C)O2. The van der Waals surface area contributed by atoms with Gasteiger partial charge < -0.3 is 4.74 Å². The molecule has 0 saturated heterocycles. The third-order valence-corrected chi connectivity index (χ3v) is 2.20. The van der Waals surface area contributed by atoms with Gasteiger partial charge in [0.05, 0.1) is 0 Å². The topological polar surface area (TPSA) is 9.23 Å². The molecular formula is C12H14O. The van der Waals surface area contributed by atoms with E-state index in [1.54, 1.807) is 0 Å². The summed E-state index contributed by atoms with van der Waals surface area (Å²) in [5.74, 6) is 0.984. The van der Waals surface area contributed by atoms with Gasteiger partial charge in [-0.15, -0.1) is 0 Å². The summed E-state index contributed by atoms with van der Waals surface area (Å²) < 4.78 is 5.79. The lowest BCUT2D eigenvalue weighted by atomic mass is 10.0. The molecule has 1 aliphatic rings. The van der Waals surface area contributed by atoms with Gasteiger partial charge in [0.25, 0.3) is 0 Å². The van der Waals surface area contributed by atoms with Crippen molar-refractivity contribution < 1.29 is 4.74 Å². The number of hydrogen-bond acceptors (Lipinski definition) is 1. The number of aryl methyl sites for hydroxylation is 1. The molecule has 1 heteroatoms. The molecule has 0 amide bonds. The molecule has 0 bridgehead atoms. The maximum atomic E-state index is 5.79. The zero-order chi connectivity index (χ0) is 9.47. The summed E-state index contributed by atoms with van der Waals surface area (Å²) in [5, 5.41) is 0. The van der Waals surface area contributed by atoms with Crippen molar-refractivity contribution in [2.75, 3.05) is 0 Å². The van der Waals surface area contributed by atoms with Crippen LogP contribution >= 0.6 is 0 Å². The minimum atomic E-state index is -0.164. The van der Waals surface area contributed by atoms with Crippen LogP contribution in [0.3, 0.4) is 0 Å². The number of fused-ring (bicyclic) bond motifs is 1. The van der Waals surface area contributed by atoms with Crippen molar-refractivity contribution in [2.45, 2.75) is 26.4 Å². The van der Waals surface area contributed by atoms with Crippen molar-refractivity contribution in [1.82, 2.24) is 0 Å². The van der Waals surface area contributed by atoms with Crippen LogP contribution < -0.4 is 4.74 Å². The molecule has 0 saturated carbocycles. The molecule has 13 heavy (non-hydrogen) atoms. The first-order valence-corrected chi connectivity index (χ1v) is 4.56.